The van der Waals surface area contributed by atoms with Crippen LogP contribution in [0.1, 0.15) is 27.0 Å². The molecule has 27 heavy (non-hydrogen) atoms. The van der Waals surface area contributed by atoms with Crippen molar-refractivity contribution < 1.29 is 9.32 Å². The van der Waals surface area contributed by atoms with Gasteiger partial charge in [0, 0.05) is 38.0 Å². The van der Waals surface area contributed by atoms with Crippen molar-refractivity contribution in [3.8, 4) is 11.1 Å². The van der Waals surface area contributed by atoms with Crippen LogP contribution >= 0.6 is 0 Å². The summed E-state index contributed by atoms with van der Waals surface area (Å²) in [5.74, 6) is -0.0224. The molecule has 0 aliphatic carbocycles. The van der Waals surface area contributed by atoms with Gasteiger partial charge in [-0.15, -0.1) is 0 Å². The Bertz CT molecular complexity index is 929. The minimum Gasteiger partial charge on any atom is -0.377 e. The number of rotatable bonds is 5. The van der Waals surface area contributed by atoms with Gasteiger partial charge < -0.3 is 14.3 Å². The molecule has 2 aromatic carbocycles. The Morgan fingerprint density at radius 1 is 1.04 bits per heavy atom. The number of amides is 1. The fourth-order valence-electron chi connectivity index (χ4n) is 3.15. The van der Waals surface area contributed by atoms with Crippen molar-refractivity contribution in [2.75, 3.05) is 26.0 Å². The Morgan fingerprint density at radius 3 is 2.33 bits per heavy atom. The minimum atomic E-state index is -0.0224. The highest BCUT2D eigenvalue weighted by atomic mass is 16.5. The monoisotopic (exact) mass is 363 g/mol. The summed E-state index contributed by atoms with van der Waals surface area (Å²) in [7, 11) is 5.79. The number of aromatic nitrogens is 1. The fourth-order valence-corrected chi connectivity index (χ4v) is 3.15. The molecule has 0 atom stereocenters. The van der Waals surface area contributed by atoms with Gasteiger partial charge in [-0.2, -0.15) is 0 Å². The summed E-state index contributed by atoms with van der Waals surface area (Å²) in [4.78, 5) is 16.9. The van der Waals surface area contributed by atoms with Crippen LogP contribution in [0.3, 0.4) is 0 Å². The van der Waals surface area contributed by atoms with Crippen molar-refractivity contribution >= 4 is 11.6 Å². The van der Waals surface area contributed by atoms with Crippen molar-refractivity contribution in [3.05, 3.63) is 71.1 Å². The molecule has 0 aliphatic rings. The van der Waals surface area contributed by atoms with Crippen molar-refractivity contribution in [2.24, 2.45) is 0 Å². The Morgan fingerprint density at radius 2 is 1.74 bits per heavy atom. The smallest absolute Gasteiger partial charge is 0.254 e. The van der Waals surface area contributed by atoms with E-state index in [1.807, 2.05) is 32.0 Å². The first-order valence-electron chi connectivity index (χ1n) is 8.89. The maximum atomic E-state index is 13.2. The zero-order chi connectivity index (χ0) is 19.6. The Balaban J connectivity index is 2.02. The molecule has 5 heteroatoms. The molecule has 140 valence electrons. The van der Waals surface area contributed by atoms with E-state index in [0.29, 0.717) is 12.1 Å². The van der Waals surface area contributed by atoms with E-state index in [0.717, 1.165) is 27.9 Å². The molecule has 3 aromatic rings. The average molecular weight is 363 g/mol. The van der Waals surface area contributed by atoms with Crippen molar-refractivity contribution in [1.29, 1.82) is 0 Å². The van der Waals surface area contributed by atoms with E-state index in [2.05, 4.69) is 42.4 Å². The van der Waals surface area contributed by atoms with Crippen LogP contribution in [0, 0.1) is 13.8 Å². The number of anilines is 1. The molecular weight excluding hydrogens is 338 g/mol. The van der Waals surface area contributed by atoms with Gasteiger partial charge in [0.25, 0.3) is 5.91 Å². The number of nitrogens with zero attached hydrogens (tertiary/aromatic N) is 3. The lowest BCUT2D eigenvalue weighted by molar-refractivity contribution is 0.0784. The van der Waals surface area contributed by atoms with Crippen molar-refractivity contribution in [2.45, 2.75) is 20.4 Å². The van der Waals surface area contributed by atoms with Crippen LogP contribution in [0.5, 0.6) is 0 Å². The number of benzene rings is 2. The van der Waals surface area contributed by atoms with Gasteiger partial charge in [0.15, 0.2) is 0 Å². The predicted octanol–water partition coefficient (Wildman–Crippen LogP) is 4.30. The van der Waals surface area contributed by atoms with Crippen LogP contribution in [0.4, 0.5) is 5.69 Å². The first-order chi connectivity index (χ1) is 12.9. The molecule has 0 aliphatic heterocycles. The summed E-state index contributed by atoms with van der Waals surface area (Å²) in [5.41, 5.74) is 6.92. The maximum Gasteiger partial charge on any atom is 0.254 e. The molecule has 0 bridgehead atoms. The van der Waals surface area contributed by atoms with E-state index in [4.69, 9.17) is 4.52 Å². The number of aryl methyl sites for hydroxylation is 1. The van der Waals surface area contributed by atoms with E-state index >= 15 is 0 Å². The summed E-state index contributed by atoms with van der Waals surface area (Å²) < 4.78 is 4.87. The maximum absolute atomic E-state index is 13.2. The van der Waals surface area contributed by atoms with Gasteiger partial charge in [0.1, 0.15) is 6.26 Å². The van der Waals surface area contributed by atoms with E-state index in [1.54, 1.807) is 24.4 Å². The molecule has 1 heterocycles. The summed E-state index contributed by atoms with van der Waals surface area (Å²) in [6.07, 6.45) is 3.19. The largest absolute Gasteiger partial charge is 0.377 e. The third kappa shape index (κ3) is 4.03. The molecular formula is C22H25N3O2. The zero-order valence-electron chi connectivity index (χ0n) is 16.5. The average Bonchev–Trinajstić information content (AvgIpc) is 3.14. The molecule has 0 saturated heterocycles. The van der Waals surface area contributed by atoms with Crippen LogP contribution in [0.25, 0.3) is 11.1 Å². The second-order valence-corrected chi connectivity index (χ2v) is 7.12. The molecule has 0 fully saturated rings. The van der Waals surface area contributed by atoms with E-state index in [-0.39, 0.29) is 5.91 Å². The Labute approximate surface area is 160 Å². The van der Waals surface area contributed by atoms with Gasteiger partial charge in [0.2, 0.25) is 0 Å². The first kappa shape index (κ1) is 18.7. The Kier molecular flexibility index (Phi) is 5.31. The lowest BCUT2D eigenvalue weighted by atomic mass is 9.96. The standard InChI is InChI=1S/C22H25N3O2/c1-15-6-8-18(9-7-15)19-10-20(16(2)21(11-19)24(3)4)22(26)25(5)13-17-12-23-27-14-17/h6-12,14H,13H2,1-5H3. The van der Waals surface area contributed by atoms with Gasteiger partial charge in [-0.25, -0.2) is 0 Å². The van der Waals surface area contributed by atoms with Gasteiger partial charge in [-0.05, 0) is 42.7 Å². The second-order valence-electron chi connectivity index (χ2n) is 7.12. The van der Waals surface area contributed by atoms with Gasteiger partial charge in [-0.3, -0.25) is 4.79 Å². The molecule has 0 spiro atoms. The minimum absolute atomic E-state index is 0.0224. The van der Waals surface area contributed by atoms with Crippen molar-refractivity contribution in [1.82, 2.24) is 10.1 Å². The number of carbonyl (C=O) groups excluding carboxylic acids is 1. The summed E-state index contributed by atoms with van der Waals surface area (Å²) >= 11 is 0. The highest BCUT2D eigenvalue weighted by Gasteiger charge is 2.19. The van der Waals surface area contributed by atoms with E-state index < -0.39 is 0 Å². The first-order valence-corrected chi connectivity index (χ1v) is 8.89. The van der Waals surface area contributed by atoms with Crippen LogP contribution < -0.4 is 4.90 Å². The van der Waals surface area contributed by atoms with Crippen LogP contribution in [-0.4, -0.2) is 37.1 Å². The quantitative estimate of drug-likeness (QED) is 0.678. The lowest BCUT2D eigenvalue weighted by Gasteiger charge is -2.23. The highest BCUT2D eigenvalue weighted by molar-refractivity contribution is 5.98. The summed E-state index contributed by atoms with van der Waals surface area (Å²) in [6, 6.07) is 12.5. The van der Waals surface area contributed by atoms with Gasteiger partial charge >= 0.3 is 0 Å². The molecule has 0 radical (unpaired) electrons. The normalized spacial score (nSPS) is 10.7. The van der Waals surface area contributed by atoms with E-state index in [9.17, 15) is 4.79 Å². The molecule has 0 N–H and O–H groups in total. The molecule has 1 aromatic heterocycles. The van der Waals surface area contributed by atoms with Gasteiger partial charge in [-0.1, -0.05) is 35.0 Å². The highest BCUT2D eigenvalue weighted by Crippen LogP contribution is 2.31. The molecule has 1 amide bonds. The molecule has 3 rings (SSSR count). The molecule has 5 nitrogen and oxygen atoms in total. The third-order valence-electron chi connectivity index (χ3n) is 4.73. The van der Waals surface area contributed by atoms with E-state index in [1.165, 1.54) is 5.56 Å². The van der Waals surface area contributed by atoms with Crippen LogP contribution in [-0.2, 0) is 6.54 Å². The predicted molar refractivity (Wildman–Crippen MR) is 108 cm³/mol. The van der Waals surface area contributed by atoms with Crippen LogP contribution in [0.15, 0.2) is 53.4 Å². The SMILES string of the molecule is Cc1ccc(-c2cc(C(=O)N(C)Cc3cnoc3)c(C)c(N(C)C)c2)cc1. The zero-order valence-corrected chi connectivity index (χ0v) is 16.5. The number of hydrogen-bond acceptors (Lipinski definition) is 4. The molecule has 0 unspecified atom stereocenters. The summed E-state index contributed by atoms with van der Waals surface area (Å²) in [6.45, 7) is 4.52. The summed E-state index contributed by atoms with van der Waals surface area (Å²) in [5, 5.41) is 3.70. The molecule has 0 saturated carbocycles. The van der Waals surface area contributed by atoms with Gasteiger partial charge in [0.05, 0.1) is 12.7 Å². The number of carbonyl (C=O) groups is 1. The topological polar surface area (TPSA) is 49.6 Å². The fraction of sp³-hybridized carbons (Fsp3) is 0.273. The number of hydrogen-bond donors (Lipinski definition) is 0. The second kappa shape index (κ2) is 7.66. The Hall–Kier alpha value is -3.08. The third-order valence-corrected chi connectivity index (χ3v) is 4.73. The van der Waals surface area contributed by atoms with Crippen molar-refractivity contribution in [3.63, 3.8) is 0 Å². The lowest BCUT2D eigenvalue weighted by Crippen LogP contribution is -2.27. The van der Waals surface area contributed by atoms with Crippen LogP contribution in [0.2, 0.25) is 0 Å².